The van der Waals surface area contributed by atoms with E-state index in [0.29, 0.717) is 33.9 Å². The van der Waals surface area contributed by atoms with E-state index in [1.807, 2.05) is 13.8 Å². The number of hydrogen-bond acceptors (Lipinski definition) is 7. The van der Waals surface area contributed by atoms with Crippen molar-refractivity contribution in [2.75, 3.05) is 7.11 Å². The summed E-state index contributed by atoms with van der Waals surface area (Å²) < 4.78 is 45.0. The van der Waals surface area contributed by atoms with E-state index in [-0.39, 0.29) is 22.1 Å². The maximum absolute atomic E-state index is 13.3. The molecular formula is C28H29NO7S. The van der Waals surface area contributed by atoms with Gasteiger partial charge in [0.2, 0.25) is 10.0 Å². The minimum absolute atomic E-state index is 0.0615. The molecule has 0 fully saturated rings. The Morgan fingerprint density at radius 3 is 2.32 bits per heavy atom. The average molecular weight is 524 g/mol. The van der Waals surface area contributed by atoms with Gasteiger partial charge in [0.15, 0.2) is 0 Å². The molecule has 0 saturated carbocycles. The molecule has 4 aromatic rings. The number of aryl methyl sites for hydroxylation is 2. The van der Waals surface area contributed by atoms with Crippen LogP contribution in [0, 0.1) is 19.8 Å². The fraction of sp³-hybridized carbons (Fsp3) is 0.286. The summed E-state index contributed by atoms with van der Waals surface area (Å²) in [6.07, 6.45) is 0.539. The topological polar surface area (TPSA) is 112 Å². The zero-order chi connectivity index (χ0) is 26.9. The Morgan fingerprint density at radius 2 is 1.68 bits per heavy atom. The van der Waals surface area contributed by atoms with Crippen LogP contribution in [0.4, 0.5) is 0 Å². The molecule has 3 aromatic carbocycles. The lowest BCUT2D eigenvalue weighted by molar-refractivity contribution is -0.137. The molecule has 194 valence electrons. The van der Waals surface area contributed by atoms with Crippen molar-refractivity contribution in [3.8, 4) is 11.5 Å². The molecule has 37 heavy (non-hydrogen) atoms. The van der Waals surface area contributed by atoms with Crippen LogP contribution in [0.3, 0.4) is 0 Å². The molecule has 1 N–H and O–H groups in total. The quantitative estimate of drug-likeness (QED) is 0.152. The highest BCUT2D eigenvalue weighted by atomic mass is 32.2. The average Bonchev–Trinajstić information content (AvgIpc) is 2.89. The number of sulfonamides is 1. The summed E-state index contributed by atoms with van der Waals surface area (Å²) in [7, 11) is -2.45. The lowest BCUT2D eigenvalue weighted by atomic mass is 10.0. The maximum Gasteiger partial charge on any atom is 0.344 e. The summed E-state index contributed by atoms with van der Waals surface area (Å²) in [5.41, 5.74) is 1.11. The lowest BCUT2D eigenvalue weighted by Crippen LogP contribution is -2.47. The van der Waals surface area contributed by atoms with E-state index < -0.39 is 27.7 Å². The zero-order valence-corrected chi connectivity index (χ0v) is 22.1. The molecule has 0 aliphatic rings. The largest absolute Gasteiger partial charge is 0.497 e. The Labute approximate surface area is 215 Å². The summed E-state index contributed by atoms with van der Waals surface area (Å²) in [4.78, 5) is 26.0. The molecule has 0 aliphatic carbocycles. The number of fused-ring (bicyclic) bond motifs is 3. The highest BCUT2D eigenvalue weighted by molar-refractivity contribution is 7.89. The number of esters is 1. The standard InChI is InChI=1S/C28H29NO7S/c1-6-17(3)25(29-37(32,33)20-10-7-16(2)8-11-20)28(31)35-24-14-13-22-21-12-9-19(34-5)15-23(21)27(30)36-26(22)18(24)4/h7-15,17,25,29H,6H2,1-5H3. The Bertz CT molecular complexity index is 1640. The van der Waals surface area contributed by atoms with Crippen LogP contribution in [0.5, 0.6) is 11.5 Å². The number of carbonyl (C=O) groups is 1. The summed E-state index contributed by atoms with van der Waals surface area (Å²) >= 11 is 0. The molecule has 0 aliphatic heterocycles. The Balaban J connectivity index is 1.68. The first-order chi connectivity index (χ1) is 17.6. The van der Waals surface area contributed by atoms with Gasteiger partial charge in [0.05, 0.1) is 17.4 Å². The van der Waals surface area contributed by atoms with E-state index in [9.17, 15) is 18.0 Å². The van der Waals surface area contributed by atoms with E-state index in [1.165, 1.54) is 19.2 Å². The number of benzene rings is 3. The molecule has 0 bridgehead atoms. The molecule has 2 atom stereocenters. The fourth-order valence-corrected chi connectivity index (χ4v) is 5.38. The van der Waals surface area contributed by atoms with Crippen molar-refractivity contribution in [1.82, 2.24) is 4.72 Å². The molecule has 1 heterocycles. The molecule has 0 radical (unpaired) electrons. The third-order valence-electron chi connectivity index (χ3n) is 6.58. The molecule has 0 amide bonds. The van der Waals surface area contributed by atoms with Gasteiger partial charge in [-0.2, -0.15) is 4.72 Å². The zero-order valence-electron chi connectivity index (χ0n) is 21.3. The van der Waals surface area contributed by atoms with Crippen LogP contribution in [0.1, 0.15) is 31.4 Å². The van der Waals surface area contributed by atoms with E-state index in [2.05, 4.69) is 4.72 Å². The van der Waals surface area contributed by atoms with E-state index in [1.54, 1.807) is 56.3 Å². The number of methoxy groups -OCH3 is 1. The fourth-order valence-electron chi connectivity index (χ4n) is 4.09. The minimum atomic E-state index is -3.97. The molecule has 8 nitrogen and oxygen atoms in total. The van der Waals surface area contributed by atoms with Gasteiger partial charge in [-0.15, -0.1) is 0 Å². The predicted molar refractivity (Wildman–Crippen MR) is 142 cm³/mol. The summed E-state index contributed by atoms with van der Waals surface area (Å²) in [6.45, 7) is 7.17. The second kappa shape index (κ2) is 10.4. The highest BCUT2D eigenvalue weighted by Gasteiger charge is 2.32. The van der Waals surface area contributed by atoms with Gasteiger partial charge in [0.1, 0.15) is 23.1 Å². The van der Waals surface area contributed by atoms with Crippen molar-refractivity contribution in [1.29, 1.82) is 0 Å². The third kappa shape index (κ3) is 5.23. The van der Waals surface area contributed by atoms with Crippen LogP contribution in [0.15, 0.2) is 68.7 Å². The van der Waals surface area contributed by atoms with Gasteiger partial charge in [-0.05, 0) is 62.2 Å². The van der Waals surface area contributed by atoms with Gasteiger partial charge in [-0.3, -0.25) is 0 Å². The molecule has 2 unspecified atom stereocenters. The molecule has 1 aromatic heterocycles. The molecule has 4 rings (SSSR count). The van der Waals surface area contributed by atoms with Crippen LogP contribution in [0.25, 0.3) is 21.7 Å². The smallest absolute Gasteiger partial charge is 0.344 e. The van der Waals surface area contributed by atoms with Crippen LogP contribution >= 0.6 is 0 Å². The summed E-state index contributed by atoms with van der Waals surface area (Å²) in [5.74, 6) is -0.382. The van der Waals surface area contributed by atoms with Crippen molar-refractivity contribution in [3.05, 3.63) is 76.1 Å². The first-order valence-electron chi connectivity index (χ1n) is 11.9. The SMILES string of the molecule is CCC(C)C(NS(=O)(=O)c1ccc(C)cc1)C(=O)Oc1ccc2c(oc(=O)c3cc(OC)ccc32)c1C. The number of ether oxygens (including phenoxy) is 2. The Hall–Kier alpha value is -3.69. The maximum atomic E-state index is 13.3. The number of nitrogens with one attached hydrogen (secondary N) is 1. The number of hydrogen-bond donors (Lipinski definition) is 1. The van der Waals surface area contributed by atoms with Crippen LogP contribution < -0.4 is 19.8 Å². The molecular weight excluding hydrogens is 494 g/mol. The normalized spacial score (nSPS) is 13.4. The highest BCUT2D eigenvalue weighted by Crippen LogP contribution is 2.32. The van der Waals surface area contributed by atoms with Crippen molar-refractivity contribution in [3.63, 3.8) is 0 Å². The van der Waals surface area contributed by atoms with Crippen molar-refractivity contribution in [2.45, 2.75) is 45.1 Å². The van der Waals surface area contributed by atoms with E-state index in [4.69, 9.17) is 13.9 Å². The van der Waals surface area contributed by atoms with Crippen molar-refractivity contribution >= 4 is 37.7 Å². The predicted octanol–water partition coefficient (Wildman–Crippen LogP) is 4.87. The van der Waals surface area contributed by atoms with Crippen molar-refractivity contribution in [2.24, 2.45) is 5.92 Å². The van der Waals surface area contributed by atoms with Gasteiger partial charge in [0, 0.05) is 16.3 Å². The number of rotatable bonds is 8. The summed E-state index contributed by atoms with van der Waals surface area (Å²) in [5, 5.41) is 1.72. The minimum Gasteiger partial charge on any atom is -0.497 e. The Kier molecular flexibility index (Phi) is 7.38. The van der Waals surface area contributed by atoms with Crippen LogP contribution in [-0.4, -0.2) is 27.5 Å². The monoisotopic (exact) mass is 523 g/mol. The summed E-state index contributed by atoms with van der Waals surface area (Å²) in [6, 6.07) is 13.7. The first-order valence-corrected chi connectivity index (χ1v) is 13.4. The van der Waals surface area contributed by atoms with Crippen LogP contribution in [-0.2, 0) is 14.8 Å². The lowest BCUT2D eigenvalue weighted by Gasteiger charge is -2.23. The molecule has 9 heteroatoms. The Morgan fingerprint density at radius 1 is 1.00 bits per heavy atom. The first kappa shape index (κ1) is 26.4. The second-order valence-corrected chi connectivity index (χ2v) is 10.8. The third-order valence-corrected chi connectivity index (χ3v) is 8.04. The van der Waals surface area contributed by atoms with Crippen molar-refractivity contribution < 1.29 is 27.1 Å². The van der Waals surface area contributed by atoms with Crippen LogP contribution in [0.2, 0.25) is 0 Å². The van der Waals surface area contributed by atoms with Gasteiger partial charge >= 0.3 is 11.6 Å². The molecule has 0 saturated heterocycles. The van der Waals surface area contributed by atoms with Gasteiger partial charge < -0.3 is 13.9 Å². The number of carbonyl (C=O) groups excluding carboxylic acids is 1. The molecule has 0 spiro atoms. The van der Waals surface area contributed by atoms with E-state index >= 15 is 0 Å². The van der Waals surface area contributed by atoms with E-state index in [0.717, 1.165) is 5.56 Å². The van der Waals surface area contributed by atoms with Gasteiger partial charge in [-0.25, -0.2) is 18.0 Å². The van der Waals surface area contributed by atoms with Gasteiger partial charge in [0.25, 0.3) is 0 Å². The van der Waals surface area contributed by atoms with Gasteiger partial charge in [-0.1, -0.05) is 38.0 Å². The second-order valence-electron chi connectivity index (χ2n) is 9.09.